The lowest BCUT2D eigenvalue weighted by atomic mass is 10.2. The van der Waals surface area contributed by atoms with Crippen LogP contribution in [0.5, 0.6) is 5.75 Å². The van der Waals surface area contributed by atoms with Gasteiger partial charge >= 0.3 is 0 Å². The third kappa shape index (κ3) is 3.92. The van der Waals surface area contributed by atoms with E-state index in [1.807, 2.05) is 54.6 Å². The Kier molecular flexibility index (Phi) is 4.97. The molecule has 0 unspecified atom stereocenters. The summed E-state index contributed by atoms with van der Waals surface area (Å²) in [6.45, 7) is 0. The number of thioether (sulfide) groups is 1. The normalized spacial score (nSPS) is 11.1. The standard InChI is InChI=1S/C21H17N7O2S/c1-30-16-9-7-14(8-10-16)18-24-21(26-25-18)31-12-15-11-17(29)28-20(22-15)23-19(27-28)13-5-3-2-4-6-13/h2-11H,12H2,1H3,(H,22,23,27)(H,24,25,26). The zero-order valence-corrected chi connectivity index (χ0v) is 17.3. The molecule has 10 heteroatoms. The van der Waals surface area contributed by atoms with Crippen LogP contribution in [0.4, 0.5) is 0 Å². The molecule has 0 spiro atoms. The first-order chi connectivity index (χ1) is 15.2. The maximum Gasteiger partial charge on any atom is 0.274 e. The summed E-state index contributed by atoms with van der Waals surface area (Å²) in [7, 11) is 1.63. The van der Waals surface area contributed by atoms with Crippen molar-refractivity contribution in [3.8, 4) is 28.5 Å². The van der Waals surface area contributed by atoms with E-state index < -0.39 is 0 Å². The van der Waals surface area contributed by atoms with Crippen LogP contribution in [0.2, 0.25) is 0 Å². The average molecular weight is 431 g/mol. The number of ether oxygens (including phenoxy) is 1. The first-order valence-corrected chi connectivity index (χ1v) is 10.4. The number of nitrogens with zero attached hydrogens (tertiary/aromatic N) is 5. The molecule has 0 aliphatic rings. The monoisotopic (exact) mass is 431 g/mol. The molecule has 0 radical (unpaired) electrons. The van der Waals surface area contributed by atoms with Gasteiger partial charge in [-0.25, -0.2) is 9.97 Å². The third-order valence-electron chi connectivity index (χ3n) is 4.61. The Morgan fingerprint density at radius 1 is 0.968 bits per heavy atom. The van der Waals surface area contributed by atoms with Crippen molar-refractivity contribution in [3.05, 3.63) is 76.7 Å². The largest absolute Gasteiger partial charge is 0.497 e. The highest BCUT2D eigenvalue weighted by molar-refractivity contribution is 7.98. The molecule has 0 aliphatic heterocycles. The van der Waals surface area contributed by atoms with Crippen molar-refractivity contribution in [2.75, 3.05) is 7.11 Å². The molecule has 5 aromatic rings. The van der Waals surface area contributed by atoms with E-state index in [9.17, 15) is 4.79 Å². The van der Waals surface area contributed by atoms with Gasteiger partial charge in [0.2, 0.25) is 5.16 Å². The van der Waals surface area contributed by atoms with E-state index >= 15 is 0 Å². The summed E-state index contributed by atoms with van der Waals surface area (Å²) >= 11 is 1.39. The summed E-state index contributed by atoms with van der Waals surface area (Å²) in [6, 6.07) is 18.6. The number of fused-ring (bicyclic) bond motifs is 1. The van der Waals surface area contributed by atoms with E-state index in [4.69, 9.17) is 4.74 Å². The van der Waals surface area contributed by atoms with Crippen molar-refractivity contribution in [1.29, 1.82) is 0 Å². The SMILES string of the molecule is COc1ccc(-c2nc(SCc3cc(=O)n4[nH]c(-c5ccccc5)nc4n3)n[nH]2)cc1. The average Bonchev–Trinajstić information content (AvgIpc) is 3.46. The molecular formula is C21H17N7O2S. The summed E-state index contributed by atoms with van der Waals surface area (Å²) in [6.07, 6.45) is 0. The predicted octanol–water partition coefficient (Wildman–Crippen LogP) is 3.17. The molecule has 3 heterocycles. The minimum Gasteiger partial charge on any atom is -0.497 e. The van der Waals surface area contributed by atoms with Gasteiger partial charge in [0.15, 0.2) is 11.6 Å². The molecule has 0 atom stereocenters. The second-order valence-electron chi connectivity index (χ2n) is 6.64. The van der Waals surface area contributed by atoms with Crippen LogP contribution in [0.15, 0.2) is 70.6 Å². The van der Waals surface area contributed by atoms with Gasteiger partial charge in [-0.2, -0.15) is 9.50 Å². The quantitative estimate of drug-likeness (QED) is 0.397. The van der Waals surface area contributed by atoms with Gasteiger partial charge in [-0.1, -0.05) is 42.1 Å². The van der Waals surface area contributed by atoms with Crippen molar-refractivity contribution in [2.45, 2.75) is 10.9 Å². The fourth-order valence-corrected chi connectivity index (χ4v) is 3.74. The molecule has 3 aromatic heterocycles. The minimum absolute atomic E-state index is 0.218. The van der Waals surface area contributed by atoms with Gasteiger partial charge in [0.25, 0.3) is 11.3 Å². The summed E-state index contributed by atoms with van der Waals surface area (Å²) in [4.78, 5) is 26.0. The Hall–Kier alpha value is -3.92. The molecular weight excluding hydrogens is 414 g/mol. The molecule has 0 saturated carbocycles. The fourth-order valence-electron chi connectivity index (χ4n) is 3.05. The van der Waals surface area contributed by atoms with Crippen molar-refractivity contribution < 1.29 is 4.74 Å². The van der Waals surface area contributed by atoms with Crippen LogP contribution < -0.4 is 10.3 Å². The molecule has 0 bridgehead atoms. The minimum atomic E-state index is -0.218. The third-order valence-corrected chi connectivity index (χ3v) is 5.49. The van der Waals surface area contributed by atoms with Gasteiger partial charge in [-0.05, 0) is 24.3 Å². The van der Waals surface area contributed by atoms with Crippen LogP contribution in [0, 0.1) is 0 Å². The van der Waals surface area contributed by atoms with Crippen LogP contribution in [0.1, 0.15) is 5.69 Å². The molecule has 0 amide bonds. The maximum atomic E-state index is 12.5. The molecule has 0 fully saturated rings. The molecule has 0 saturated heterocycles. The van der Waals surface area contributed by atoms with Crippen LogP contribution >= 0.6 is 11.8 Å². The van der Waals surface area contributed by atoms with Gasteiger partial charge < -0.3 is 4.74 Å². The number of hydrogen-bond donors (Lipinski definition) is 2. The highest BCUT2D eigenvalue weighted by Gasteiger charge is 2.11. The lowest BCUT2D eigenvalue weighted by Gasteiger charge is -2.00. The highest BCUT2D eigenvalue weighted by atomic mass is 32.2. The van der Waals surface area contributed by atoms with Gasteiger partial charge in [-0.3, -0.25) is 15.0 Å². The van der Waals surface area contributed by atoms with E-state index in [2.05, 4.69) is 30.2 Å². The van der Waals surface area contributed by atoms with E-state index in [0.29, 0.717) is 34.0 Å². The Labute approximate surface area is 180 Å². The number of nitrogens with one attached hydrogen (secondary N) is 2. The first kappa shape index (κ1) is 19.1. The second-order valence-corrected chi connectivity index (χ2v) is 7.59. The van der Waals surface area contributed by atoms with Crippen molar-refractivity contribution in [2.24, 2.45) is 0 Å². The summed E-state index contributed by atoms with van der Waals surface area (Å²) in [5.41, 5.74) is 2.18. The Morgan fingerprint density at radius 2 is 1.74 bits per heavy atom. The summed E-state index contributed by atoms with van der Waals surface area (Å²) in [5, 5.41) is 10.7. The van der Waals surface area contributed by atoms with Gasteiger partial charge in [-0.15, -0.1) is 5.10 Å². The lowest BCUT2D eigenvalue weighted by molar-refractivity contribution is 0.415. The fraction of sp³-hybridized carbons (Fsp3) is 0.0952. The van der Waals surface area contributed by atoms with Crippen LogP contribution in [-0.2, 0) is 5.75 Å². The van der Waals surface area contributed by atoms with E-state index in [1.165, 1.54) is 22.3 Å². The topological polar surface area (TPSA) is 114 Å². The first-order valence-electron chi connectivity index (χ1n) is 9.43. The van der Waals surface area contributed by atoms with Gasteiger partial charge in [0, 0.05) is 22.9 Å². The van der Waals surface area contributed by atoms with Gasteiger partial charge in [0.1, 0.15) is 5.75 Å². The molecule has 5 rings (SSSR count). The smallest absolute Gasteiger partial charge is 0.274 e. The highest BCUT2D eigenvalue weighted by Crippen LogP contribution is 2.23. The molecule has 154 valence electrons. The van der Waals surface area contributed by atoms with E-state index in [1.54, 1.807) is 7.11 Å². The predicted molar refractivity (Wildman–Crippen MR) is 117 cm³/mol. The molecule has 31 heavy (non-hydrogen) atoms. The number of hydrogen-bond acceptors (Lipinski definition) is 7. The number of aromatic amines is 2. The van der Waals surface area contributed by atoms with Crippen LogP contribution in [0.3, 0.4) is 0 Å². The number of methoxy groups -OCH3 is 1. The van der Waals surface area contributed by atoms with E-state index in [-0.39, 0.29) is 5.56 Å². The van der Waals surface area contributed by atoms with Crippen LogP contribution in [-0.4, -0.2) is 41.9 Å². The molecule has 9 nitrogen and oxygen atoms in total. The number of benzene rings is 2. The van der Waals surface area contributed by atoms with Crippen molar-refractivity contribution >= 4 is 17.5 Å². The number of rotatable bonds is 6. The molecule has 2 aromatic carbocycles. The Bertz CT molecular complexity index is 1390. The van der Waals surface area contributed by atoms with E-state index in [0.717, 1.165) is 16.9 Å². The summed E-state index contributed by atoms with van der Waals surface area (Å²) in [5.74, 6) is 2.80. The zero-order valence-electron chi connectivity index (χ0n) is 16.4. The zero-order chi connectivity index (χ0) is 21.2. The summed E-state index contributed by atoms with van der Waals surface area (Å²) < 4.78 is 6.51. The Balaban J connectivity index is 1.34. The molecule has 0 aliphatic carbocycles. The lowest BCUT2D eigenvalue weighted by Crippen LogP contribution is -2.15. The maximum absolute atomic E-state index is 12.5. The second kappa shape index (κ2) is 8.07. The van der Waals surface area contributed by atoms with Crippen LogP contribution in [0.25, 0.3) is 28.6 Å². The van der Waals surface area contributed by atoms with Crippen molar-refractivity contribution in [3.63, 3.8) is 0 Å². The number of H-pyrrole nitrogens is 2. The molecule has 2 N–H and O–H groups in total. The number of aromatic nitrogens is 7. The Morgan fingerprint density at radius 3 is 2.52 bits per heavy atom. The van der Waals surface area contributed by atoms with Gasteiger partial charge in [0.05, 0.1) is 12.8 Å². The van der Waals surface area contributed by atoms with Crippen molar-refractivity contribution in [1.82, 2.24) is 34.8 Å².